The lowest BCUT2D eigenvalue weighted by Gasteiger charge is -2.03. The first-order valence-corrected chi connectivity index (χ1v) is 7.16. The van der Waals surface area contributed by atoms with Crippen LogP contribution in [0.3, 0.4) is 0 Å². The smallest absolute Gasteiger partial charge is 0.350 e. The molecule has 1 aromatic carbocycles. The molecule has 1 saturated carbocycles. The molecule has 1 aliphatic carbocycles. The van der Waals surface area contributed by atoms with Gasteiger partial charge in [-0.25, -0.2) is 14.0 Å². The monoisotopic (exact) mass is 286 g/mol. The molecule has 0 saturated heterocycles. The van der Waals surface area contributed by atoms with E-state index in [9.17, 15) is 9.59 Å². The van der Waals surface area contributed by atoms with E-state index in [0.717, 1.165) is 24.4 Å². The summed E-state index contributed by atoms with van der Waals surface area (Å²) in [5.41, 5.74) is 0.698. The number of carbonyl (C=O) groups is 1. The third-order valence-corrected chi connectivity index (χ3v) is 3.52. The first-order valence-electron chi connectivity index (χ1n) is 7.16. The van der Waals surface area contributed by atoms with Crippen molar-refractivity contribution < 1.29 is 4.79 Å². The number of aromatic nitrogens is 3. The third-order valence-electron chi connectivity index (χ3n) is 3.52. The predicted octanol–water partition coefficient (Wildman–Crippen LogP) is 1.05. The first-order chi connectivity index (χ1) is 10.2. The van der Waals surface area contributed by atoms with E-state index in [0.29, 0.717) is 19.0 Å². The molecule has 0 atom stereocenters. The van der Waals surface area contributed by atoms with E-state index in [2.05, 4.69) is 10.4 Å². The molecule has 6 nitrogen and oxygen atoms in total. The summed E-state index contributed by atoms with van der Waals surface area (Å²) in [7, 11) is 0. The van der Waals surface area contributed by atoms with Gasteiger partial charge in [-0.3, -0.25) is 4.79 Å². The number of hydrogen-bond donors (Lipinski definition) is 1. The summed E-state index contributed by atoms with van der Waals surface area (Å²) >= 11 is 0. The van der Waals surface area contributed by atoms with Gasteiger partial charge in [0.25, 0.3) is 0 Å². The Labute approximate surface area is 122 Å². The highest BCUT2D eigenvalue weighted by Crippen LogP contribution is 2.39. The summed E-state index contributed by atoms with van der Waals surface area (Å²) in [5.74, 6) is 1.10. The van der Waals surface area contributed by atoms with E-state index < -0.39 is 0 Å². The molecule has 1 fully saturated rings. The minimum absolute atomic E-state index is 0.104. The second-order valence-corrected chi connectivity index (χ2v) is 5.29. The van der Waals surface area contributed by atoms with Gasteiger partial charge in [0.05, 0.1) is 12.2 Å². The van der Waals surface area contributed by atoms with Crippen molar-refractivity contribution in [2.75, 3.05) is 6.54 Å². The van der Waals surface area contributed by atoms with E-state index in [1.165, 1.54) is 11.6 Å². The maximum absolute atomic E-state index is 12.5. The molecule has 1 amide bonds. The lowest BCUT2D eigenvalue weighted by atomic mass is 10.3. The number of nitrogens with one attached hydrogen (secondary N) is 1. The fraction of sp³-hybridized carbons (Fsp3) is 0.400. The van der Waals surface area contributed by atoms with Gasteiger partial charge in [0.1, 0.15) is 5.82 Å². The fourth-order valence-corrected chi connectivity index (χ4v) is 2.33. The summed E-state index contributed by atoms with van der Waals surface area (Å²) in [6.07, 6.45) is 2.16. The van der Waals surface area contributed by atoms with Crippen LogP contribution in [0.1, 0.15) is 31.5 Å². The molecule has 21 heavy (non-hydrogen) atoms. The highest BCUT2D eigenvalue weighted by Gasteiger charge is 2.31. The SMILES string of the molecule is CC(=O)NCCn1nc(C2CC2)n(-c2ccccc2)c1=O. The normalized spacial score (nSPS) is 14.1. The minimum Gasteiger partial charge on any atom is -0.354 e. The standard InChI is InChI=1S/C15H18N4O2/c1-11(20)16-9-10-18-15(21)19(13-5-3-2-4-6-13)14(17-18)12-7-8-12/h2-6,12H,7-10H2,1H3,(H,16,20). The highest BCUT2D eigenvalue weighted by atomic mass is 16.2. The lowest BCUT2D eigenvalue weighted by Crippen LogP contribution is -2.30. The van der Waals surface area contributed by atoms with Crippen molar-refractivity contribution in [2.45, 2.75) is 32.2 Å². The molecule has 3 rings (SSSR count). The van der Waals surface area contributed by atoms with Crippen LogP contribution in [0.15, 0.2) is 35.1 Å². The van der Waals surface area contributed by atoms with Crippen molar-refractivity contribution in [3.05, 3.63) is 46.6 Å². The summed E-state index contributed by atoms with van der Waals surface area (Å²) in [5, 5.41) is 7.15. The molecule has 0 aliphatic heterocycles. The van der Waals surface area contributed by atoms with Crippen molar-refractivity contribution in [3.8, 4) is 5.69 Å². The van der Waals surface area contributed by atoms with Crippen LogP contribution in [-0.4, -0.2) is 26.8 Å². The molecule has 0 radical (unpaired) electrons. The zero-order valence-electron chi connectivity index (χ0n) is 12.0. The number of nitrogens with zero attached hydrogens (tertiary/aromatic N) is 3. The number of benzene rings is 1. The van der Waals surface area contributed by atoms with E-state index in [1.54, 1.807) is 4.57 Å². The summed E-state index contributed by atoms with van der Waals surface area (Å²) in [6.45, 7) is 2.25. The van der Waals surface area contributed by atoms with Gasteiger partial charge in [-0.15, -0.1) is 0 Å². The lowest BCUT2D eigenvalue weighted by molar-refractivity contribution is -0.118. The van der Waals surface area contributed by atoms with Crippen molar-refractivity contribution in [1.82, 2.24) is 19.7 Å². The van der Waals surface area contributed by atoms with Crippen molar-refractivity contribution in [1.29, 1.82) is 0 Å². The van der Waals surface area contributed by atoms with Crippen molar-refractivity contribution in [3.63, 3.8) is 0 Å². The zero-order chi connectivity index (χ0) is 14.8. The van der Waals surface area contributed by atoms with Gasteiger partial charge in [-0.2, -0.15) is 5.10 Å². The maximum Gasteiger partial charge on any atom is 0.350 e. The molecular formula is C15H18N4O2. The Morgan fingerprint density at radius 1 is 1.33 bits per heavy atom. The van der Waals surface area contributed by atoms with Crippen LogP contribution in [0.5, 0.6) is 0 Å². The Balaban J connectivity index is 1.93. The van der Waals surface area contributed by atoms with Crippen LogP contribution >= 0.6 is 0 Å². The van der Waals surface area contributed by atoms with Crippen LogP contribution in [-0.2, 0) is 11.3 Å². The quantitative estimate of drug-likeness (QED) is 0.893. The van der Waals surface area contributed by atoms with Crippen molar-refractivity contribution in [2.24, 2.45) is 0 Å². The minimum atomic E-state index is -0.145. The number of rotatable bonds is 5. The van der Waals surface area contributed by atoms with Gasteiger partial charge < -0.3 is 5.32 Å². The largest absolute Gasteiger partial charge is 0.354 e. The van der Waals surface area contributed by atoms with Gasteiger partial charge in [0.2, 0.25) is 5.91 Å². The molecule has 2 aromatic rings. The number of carbonyl (C=O) groups excluding carboxylic acids is 1. The summed E-state index contributed by atoms with van der Waals surface area (Å²) in [6, 6.07) is 9.56. The second-order valence-electron chi connectivity index (χ2n) is 5.29. The van der Waals surface area contributed by atoms with Crippen LogP contribution in [0.2, 0.25) is 0 Å². The molecule has 110 valence electrons. The van der Waals surface area contributed by atoms with E-state index in [4.69, 9.17) is 0 Å². The number of hydrogen-bond acceptors (Lipinski definition) is 3. The van der Waals surface area contributed by atoms with Crippen molar-refractivity contribution >= 4 is 5.91 Å². The molecule has 0 spiro atoms. The number of amides is 1. The molecule has 0 unspecified atom stereocenters. The third kappa shape index (κ3) is 2.89. The summed E-state index contributed by atoms with van der Waals surface area (Å²) in [4.78, 5) is 23.5. The molecule has 6 heteroatoms. The Morgan fingerprint density at radius 2 is 2.05 bits per heavy atom. The molecular weight excluding hydrogens is 268 g/mol. The van der Waals surface area contributed by atoms with Gasteiger partial charge in [0, 0.05) is 19.4 Å². The first kappa shape index (κ1) is 13.6. The Bertz CT molecular complexity index is 698. The van der Waals surface area contributed by atoms with Crippen LogP contribution in [0.4, 0.5) is 0 Å². The van der Waals surface area contributed by atoms with Crippen LogP contribution < -0.4 is 11.0 Å². The van der Waals surface area contributed by atoms with Crippen LogP contribution in [0.25, 0.3) is 5.69 Å². The average molecular weight is 286 g/mol. The van der Waals surface area contributed by atoms with Gasteiger partial charge in [-0.1, -0.05) is 18.2 Å². The Morgan fingerprint density at radius 3 is 2.67 bits per heavy atom. The zero-order valence-corrected chi connectivity index (χ0v) is 12.0. The average Bonchev–Trinajstić information content (AvgIpc) is 3.25. The van der Waals surface area contributed by atoms with Crippen LogP contribution in [0, 0.1) is 0 Å². The molecule has 0 bridgehead atoms. The van der Waals surface area contributed by atoms with E-state index >= 15 is 0 Å². The van der Waals surface area contributed by atoms with Gasteiger partial charge in [0.15, 0.2) is 0 Å². The summed E-state index contributed by atoms with van der Waals surface area (Å²) < 4.78 is 3.13. The molecule has 1 aromatic heterocycles. The van der Waals surface area contributed by atoms with Gasteiger partial charge in [-0.05, 0) is 25.0 Å². The predicted molar refractivity (Wildman–Crippen MR) is 78.5 cm³/mol. The molecule has 1 aliphatic rings. The molecule has 1 heterocycles. The topological polar surface area (TPSA) is 68.9 Å². The Hall–Kier alpha value is -2.37. The van der Waals surface area contributed by atoms with E-state index in [-0.39, 0.29) is 11.6 Å². The second kappa shape index (κ2) is 5.55. The fourth-order valence-electron chi connectivity index (χ4n) is 2.33. The molecule has 1 N–H and O–H groups in total. The maximum atomic E-state index is 12.5. The van der Waals surface area contributed by atoms with E-state index in [1.807, 2.05) is 30.3 Å². The highest BCUT2D eigenvalue weighted by molar-refractivity contribution is 5.72. The number of para-hydroxylation sites is 1. The Kier molecular flexibility index (Phi) is 3.60. The van der Waals surface area contributed by atoms with Gasteiger partial charge >= 0.3 is 5.69 Å².